The zero-order chi connectivity index (χ0) is 15.3. The van der Waals surface area contributed by atoms with E-state index >= 15 is 0 Å². The molecule has 1 aromatic carbocycles. The maximum atomic E-state index is 12.1. The molecule has 3 rings (SSSR count). The summed E-state index contributed by atoms with van der Waals surface area (Å²) in [4.78, 5) is 12.1. The molecular formula is C17H20N2O2S. The van der Waals surface area contributed by atoms with Crippen molar-refractivity contribution in [3.05, 3.63) is 53.4 Å². The second kappa shape index (κ2) is 6.94. The van der Waals surface area contributed by atoms with Crippen molar-refractivity contribution in [2.24, 2.45) is 0 Å². The first-order valence-electron chi connectivity index (χ1n) is 7.50. The Morgan fingerprint density at radius 2 is 1.91 bits per heavy atom. The molecule has 0 bridgehead atoms. The van der Waals surface area contributed by atoms with Gasteiger partial charge in [-0.2, -0.15) is 0 Å². The van der Waals surface area contributed by atoms with E-state index in [1.165, 1.54) is 16.9 Å². The van der Waals surface area contributed by atoms with Crippen molar-refractivity contribution in [2.75, 3.05) is 25.1 Å². The van der Waals surface area contributed by atoms with Crippen LogP contribution in [0.1, 0.15) is 18.4 Å². The van der Waals surface area contributed by atoms with Crippen molar-refractivity contribution >= 4 is 22.4 Å². The third-order valence-electron chi connectivity index (χ3n) is 4.18. The van der Waals surface area contributed by atoms with Crippen molar-refractivity contribution < 1.29 is 9.53 Å². The monoisotopic (exact) mass is 316 g/mol. The lowest BCUT2D eigenvalue weighted by atomic mass is 9.74. The molecule has 0 atom stereocenters. The van der Waals surface area contributed by atoms with Crippen molar-refractivity contribution in [3.8, 4) is 0 Å². The minimum Gasteiger partial charge on any atom is -0.381 e. The maximum absolute atomic E-state index is 12.1. The van der Waals surface area contributed by atoms with Gasteiger partial charge in [0.25, 0.3) is 0 Å². The van der Waals surface area contributed by atoms with Gasteiger partial charge < -0.3 is 10.1 Å². The fourth-order valence-corrected chi connectivity index (χ4v) is 3.49. The second-order valence-electron chi connectivity index (χ2n) is 5.54. The molecule has 0 saturated carbocycles. The van der Waals surface area contributed by atoms with Crippen LogP contribution in [0, 0.1) is 0 Å². The van der Waals surface area contributed by atoms with Crippen LogP contribution in [0.25, 0.3) is 0 Å². The quantitative estimate of drug-likeness (QED) is 0.905. The molecule has 116 valence electrons. The Labute approximate surface area is 134 Å². The number of rotatable bonds is 4. The molecule has 2 amide bonds. The summed E-state index contributed by atoms with van der Waals surface area (Å²) in [7, 11) is 0. The molecule has 5 heteroatoms. The van der Waals surface area contributed by atoms with Crippen LogP contribution in [0.5, 0.6) is 0 Å². The molecule has 0 radical (unpaired) electrons. The molecule has 0 aliphatic carbocycles. The molecule has 2 aromatic rings. The van der Waals surface area contributed by atoms with Gasteiger partial charge in [0.15, 0.2) is 0 Å². The number of carbonyl (C=O) groups is 1. The smallest absolute Gasteiger partial charge is 0.319 e. The van der Waals surface area contributed by atoms with Crippen LogP contribution >= 0.6 is 11.3 Å². The molecule has 4 nitrogen and oxygen atoms in total. The SMILES string of the molecule is O=C(NCC1(c2ccccc2)CCOCC1)Nc1cccs1. The van der Waals surface area contributed by atoms with Gasteiger partial charge in [0, 0.05) is 25.2 Å². The summed E-state index contributed by atoms with van der Waals surface area (Å²) in [5.41, 5.74) is 1.24. The summed E-state index contributed by atoms with van der Waals surface area (Å²) >= 11 is 1.52. The average Bonchev–Trinajstić information content (AvgIpc) is 3.08. The predicted molar refractivity (Wildman–Crippen MR) is 89.5 cm³/mol. The Morgan fingerprint density at radius 3 is 2.59 bits per heavy atom. The van der Waals surface area contributed by atoms with Gasteiger partial charge in [-0.1, -0.05) is 30.3 Å². The lowest BCUT2D eigenvalue weighted by Crippen LogP contribution is -2.45. The highest BCUT2D eigenvalue weighted by atomic mass is 32.1. The number of anilines is 1. The van der Waals surface area contributed by atoms with Crippen LogP contribution in [0.3, 0.4) is 0 Å². The van der Waals surface area contributed by atoms with Crippen LogP contribution in [-0.2, 0) is 10.2 Å². The highest BCUT2D eigenvalue weighted by molar-refractivity contribution is 7.14. The number of ether oxygens (including phenoxy) is 1. The van der Waals surface area contributed by atoms with Crippen LogP contribution in [-0.4, -0.2) is 25.8 Å². The van der Waals surface area contributed by atoms with E-state index in [1.54, 1.807) is 0 Å². The van der Waals surface area contributed by atoms with Crippen molar-refractivity contribution in [3.63, 3.8) is 0 Å². The number of amides is 2. The van der Waals surface area contributed by atoms with E-state index in [1.807, 2.05) is 23.6 Å². The van der Waals surface area contributed by atoms with Crippen molar-refractivity contribution in [2.45, 2.75) is 18.3 Å². The van der Waals surface area contributed by atoms with Crippen molar-refractivity contribution in [1.29, 1.82) is 0 Å². The Hall–Kier alpha value is -1.85. The van der Waals surface area contributed by atoms with Gasteiger partial charge in [-0.05, 0) is 35.9 Å². The van der Waals surface area contributed by atoms with Gasteiger partial charge in [0.2, 0.25) is 0 Å². The molecule has 1 aliphatic rings. The summed E-state index contributed by atoms with van der Waals surface area (Å²) in [5.74, 6) is 0. The zero-order valence-corrected chi connectivity index (χ0v) is 13.2. The molecule has 1 aliphatic heterocycles. The molecule has 0 unspecified atom stereocenters. The molecule has 2 N–H and O–H groups in total. The van der Waals surface area contributed by atoms with Crippen LogP contribution < -0.4 is 10.6 Å². The number of benzene rings is 1. The molecule has 0 spiro atoms. The number of hydrogen-bond acceptors (Lipinski definition) is 3. The summed E-state index contributed by atoms with van der Waals surface area (Å²) in [5, 5.41) is 8.70. The van der Waals surface area contributed by atoms with Crippen molar-refractivity contribution in [1.82, 2.24) is 5.32 Å². The van der Waals surface area contributed by atoms with E-state index in [-0.39, 0.29) is 11.4 Å². The molecule has 1 fully saturated rings. The second-order valence-corrected chi connectivity index (χ2v) is 6.49. The Kier molecular flexibility index (Phi) is 4.75. The highest BCUT2D eigenvalue weighted by Gasteiger charge is 2.34. The molecule has 1 saturated heterocycles. The summed E-state index contributed by atoms with van der Waals surface area (Å²) in [6.45, 7) is 2.10. The van der Waals surface area contributed by atoms with E-state index in [0.29, 0.717) is 6.54 Å². The van der Waals surface area contributed by atoms with Gasteiger partial charge in [-0.3, -0.25) is 5.32 Å². The van der Waals surface area contributed by atoms with E-state index in [0.717, 1.165) is 31.1 Å². The van der Waals surface area contributed by atoms with E-state index < -0.39 is 0 Å². The van der Waals surface area contributed by atoms with Crippen LogP contribution in [0.4, 0.5) is 9.80 Å². The fourth-order valence-electron chi connectivity index (χ4n) is 2.88. The Balaban J connectivity index is 1.67. The van der Waals surface area contributed by atoms with Crippen LogP contribution in [0.15, 0.2) is 47.8 Å². The van der Waals surface area contributed by atoms with E-state index in [4.69, 9.17) is 4.74 Å². The lowest BCUT2D eigenvalue weighted by Gasteiger charge is -2.37. The first-order chi connectivity index (χ1) is 10.8. The minimum atomic E-state index is -0.149. The van der Waals surface area contributed by atoms with Gasteiger partial charge in [0.05, 0.1) is 5.00 Å². The number of urea groups is 1. The molecule has 22 heavy (non-hydrogen) atoms. The Bertz CT molecular complexity index is 592. The Morgan fingerprint density at radius 1 is 1.14 bits per heavy atom. The topological polar surface area (TPSA) is 50.4 Å². The van der Waals surface area contributed by atoms with Gasteiger partial charge >= 0.3 is 6.03 Å². The fraction of sp³-hybridized carbons (Fsp3) is 0.353. The molecule has 2 heterocycles. The van der Waals surface area contributed by atoms with Crippen LogP contribution in [0.2, 0.25) is 0 Å². The molecular weight excluding hydrogens is 296 g/mol. The zero-order valence-electron chi connectivity index (χ0n) is 12.4. The first-order valence-corrected chi connectivity index (χ1v) is 8.38. The van der Waals surface area contributed by atoms with E-state index in [2.05, 4.69) is 34.9 Å². The summed E-state index contributed by atoms with van der Waals surface area (Å²) in [6, 6.07) is 14.1. The largest absolute Gasteiger partial charge is 0.381 e. The van der Waals surface area contributed by atoms with Gasteiger partial charge in [-0.15, -0.1) is 11.3 Å². The molecule has 1 aromatic heterocycles. The standard InChI is InChI=1S/C17H20N2O2S/c20-16(19-15-7-4-12-22-15)18-13-17(8-10-21-11-9-17)14-5-2-1-3-6-14/h1-7,12H,8-11,13H2,(H2,18,19,20). The third kappa shape index (κ3) is 3.48. The highest BCUT2D eigenvalue weighted by Crippen LogP contribution is 2.34. The minimum absolute atomic E-state index is 0.0354. The summed E-state index contributed by atoms with van der Waals surface area (Å²) < 4.78 is 5.51. The first kappa shape index (κ1) is 15.1. The maximum Gasteiger partial charge on any atom is 0.319 e. The predicted octanol–water partition coefficient (Wildman–Crippen LogP) is 3.62. The third-order valence-corrected chi connectivity index (χ3v) is 4.97. The van der Waals surface area contributed by atoms with Gasteiger partial charge in [-0.25, -0.2) is 4.79 Å². The van der Waals surface area contributed by atoms with E-state index in [9.17, 15) is 4.79 Å². The number of hydrogen-bond donors (Lipinski definition) is 2. The summed E-state index contributed by atoms with van der Waals surface area (Å²) in [6.07, 6.45) is 1.85. The number of thiophene rings is 1. The number of nitrogens with one attached hydrogen (secondary N) is 2. The number of carbonyl (C=O) groups excluding carboxylic acids is 1. The average molecular weight is 316 g/mol. The lowest BCUT2D eigenvalue weighted by molar-refractivity contribution is 0.0508. The van der Waals surface area contributed by atoms with Gasteiger partial charge in [0.1, 0.15) is 0 Å². The normalized spacial score (nSPS) is 16.9.